The van der Waals surface area contributed by atoms with Gasteiger partial charge in [-0.1, -0.05) is 12.1 Å². The Morgan fingerprint density at radius 1 is 1.48 bits per heavy atom. The van der Waals surface area contributed by atoms with Gasteiger partial charge in [0.05, 0.1) is 12.9 Å². The molecular weight excluding hydrogens is 317 g/mol. The van der Waals surface area contributed by atoms with Crippen LogP contribution >= 0.6 is 11.8 Å². The molecule has 1 saturated heterocycles. The predicted octanol–water partition coefficient (Wildman–Crippen LogP) is 1.49. The van der Waals surface area contributed by atoms with E-state index in [1.165, 1.54) is 41.4 Å². The first-order chi connectivity index (χ1) is 9.95. The number of thioether (sulfide) groups is 1. The fourth-order valence-electron chi connectivity index (χ4n) is 2.09. The second-order valence-electron chi connectivity index (χ2n) is 4.59. The molecule has 1 heterocycles. The standard InChI is InChI=1S/C13H16FNO4S2/c1-19-13(16)9-20-10-6-7-15(8-10)21(17,18)12-5-3-2-4-11(12)14/h2-5,10H,6-9H2,1H3/t10-/m1/s1. The fourth-order valence-corrected chi connectivity index (χ4v) is 4.80. The van der Waals surface area contributed by atoms with Gasteiger partial charge in [0.1, 0.15) is 10.7 Å². The molecule has 0 amide bonds. The van der Waals surface area contributed by atoms with Gasteiger partial charge in [-0.25, -0.2) is 12.8 Å². The summed E-state index contributed by atoms with van der Waals surface area (Å²) < 4.78 is 44.2. The molecule has 0 aromatic heterocycles. The number of ether oxygens (including phenoxy) is 1. The second-order valence-corrected chi connectivity index (χ2v) is 7.79. The summed E-state index contributed by atoms with van der Waals surface area (Å²) in [5, 5.41) is 0.0191. The molecule has 1 fully saturated rings. The first kappa shape index (κ1) is 16.3. The fraction of sp³-hybridized carbons (Fsp3) is 0.462. The molecule has 1 aromatic carbocycles. The Balaban J connectivity index is 2.04. The number of carbonyl (C=O) groups is 1. The SMILES string of the molecule is COC(=O)CS[C@@H]1CCN(S(=O)(=O)c2ccccc2F)C1. The maximum atomic E-state index is 13.7. The lowest BCUT2D eigenvalue weighted by Gasteiger charge is -2.16. The van der Waals surface area contributed by atoms with Crippen LogP contribution < -0.4 is 0 Å². The quantitative estimate of drug-likeness (QED) is 0.764. The molecule has 0 N–H and O–H groups in total. The summed E-state index contributed by atoms with van der Waals surface area (Å²) in [5.74, 6) is -0.895. The van der Waals surface area contributed by atoms with E-state index >= 15 is 0 Å². The number of carbonyl (C=O) groups excluding carboxylic acids is 1. The Kier molecular flexibility index (Phi) is 5.23. The summed E-state index contributed by atoms with van der Waals surface area (Å²) in [4.78, 5) is 10.8. The van der Waals surface area contributed by atoms with Crippen molar-refractivity contribution in [3.8, 4) is 0 Å². The lowest BCUT2D eigenvalue weighted by atomic mass is 10.4. The van der Waals surface area contributed by atoms with Crippen LogP contribution in [0.25, 0.3) is 0 Å². The Labute approximate surface area is 127 Å². The van der Waals surface area contributed by atoms with Gasteiger partial charge in [-0.15, -0.1) is 11.8 Å². The van der Waals surface area contributed by atoms with Gasteiger partial charge in [-0.05, 0) is 18.6 Å². The predicted molar refractivity (Wildman–Crippen MR) is 78.0 cm³/mol. The van der Waals surface area contributed by atoms with Gasteiger partial charge in [0.2, 0.25) is 10.0 Å². The molecular formula is C13H16FNO4S2. The van der Waals surface area contributed by atoms with E-state index in [2.05, 4.69) is 4.74 Å². The molecule has 8 heteroatoms. The van der Waals surface area contributed by atoms with E-state index in [-0.39, 0.29) is 28.4 Å². The molecule has 0 radical (unpaired) electrons. The van der Waals surface area contributed by atoms with Crippen molar-refractivity contribution in [2.75, 3.05) is 26.0 Å². The smallest absolute Gasteiger partial charge is 0.315 e. The van der Waals surface area contributed by atoms with E-state index in [4.69, 9.17) is 0 Å². The van der Waals surface area contributed by atoms with Crippen molar-refractivity contribution in [1.29, 1.82) is 0 Å². The van der Waals surface area contributed by atoms with Gasteiger partial charge in [-0.2, -0.15) is 4.31 Å². The van der Waals surface area contributed by atoms with Crippen molar-refractivity contribution in [3.63, 3.8) is 0 Å². The lowest BCUT2D eigenvalue weighted by molar-refractivity contribution is -0.137. The minimum absolute atomic E-state index is 0.0191. The first-order valence-corrected chi connectivity index (χ1v) is 8.87. The summed E-state index contributed by atoms with van der Waals surface area (Å²) in [5.41, 5.74) is 0. The van der Waals surface area contributed by atoms with Crippen molar-refractivity contribution in [2.24, 2.45) is 0 Å². The number of hydrogen-bond donors (Lipinski definition) is 0. The third kappa shape index (κ3) is 3.75. The molecule has 0 bridgehead atoms. The van der Waals surface area contributed by atoms with Crippen molar-refractivity contribution >= 4 is 27.8 Å². The van der Waals surface area contributed by atoms with Gasteiger partial charge in [-0.3, -0.25) is 4.79 Å². The highest BCUT2D eigenvalue weighted by atomic mass is 32.2. The number of rotatable bonds is 5. The highest BCUT2D eigenvalue weighted by Gasteiger charge is 2.34. The van der Waals surface area contributed by atoms with Crippen molar-refractivity contribution in [2.45, 2.75) is 16.6 Å². The molecule has 1 aromatic rings. The van der Waals surface area contributed by atoms with Crippen LogP contribution in [0.1, 0.15) is 6.42 Å². The molecule has 1 aliphatic heterocycles. The molecule has 0 spiro atoms. The van der Waals surface area contributed by atoms with Crippen molar-refractivity contribution in [3.05, 3.63) is 30.1 Å². The molecule has 116 valence electrons. The zero-order valence-corrected chi connectivity index (χ0v) is 13.1. The van der Waals surface area contributed by atoms with Crippen molar-refractivity contribution in [1.82, 2.24) is 4.31 Å². The summed E-state index contributed by atoms with van der Waals surface area (Å²) in [6.07, 6.45) is 0.634. The van der Waals surface area contributed by atoms with Crippen LogP contribution in [0.4, 0.5) is 4.39 Å². The van der Waals surface area contributed by atoms with Crippen LogP contribution in [-0.4, -0.2) is 49.9 Å². The van der Waals surface area contributed by atoms with Gasteiger partial charge in [0.25, 0.3) is 0 Å². The van der Waals surface area contributed by atoms with Gasteiger partial charge >= 0.3 is 5.97 Å². The Morgan fingerprint density at radius 3 is 2.86 bits per heavy atom. The highest BCUT2D eigenvalue weighted by Crippen LogP contribution is 2.28. The Morgan fingerprint density at radius 2 is 2.19 bits per heavy atom. The molecule has 5 nitrogen and oxygen atoms in total. The third-order valence-electron chi connectivity index (χ3n) is 3.23. The number of hydrogen-bond acceptors (Lipinski definition) is 5. The van der Waals surface area contributed by atoms with Crippen LogP contribution in [0.5, 0.6) is 0 Å². The lowest BCUT2D eigenvalue weighted by Crippen LogP contribution is -2.30. The topological polar surface area (TPSA) is 63.7 Å². The average molecular weight is 333 g/mol. The Bertz CT molecular complexity index is 620. The summed E-state index contributed by atoms with van der Waals surface area (Å²) in [7, 11) is -2.51. The van der Waals surface area contributed by atoms with E-state index in [0.717, 1.165) is 6.07 Å². The van der Waals surface area contributed by atoms with Crippen LogP contribution in [0.2, 0.25) is 0 Å². The summed E-state index contributed by atoms with van der Waals surface area (Å²) in [6.45, 7) is 0.605. The number of halogens is 1. The summed E-state index contributed by atoms with van der Waals surface area (Å²) >= 11 is 1.36. The van der Waals surface area contributed by atoms with E-state index in [0.29, 0.717) is 13.0 Å². The van der Waals surface area contributed by atoms with Crippen LogP contribution in [0.15, 0.2) is 29.2 Å². The normalized spacial score (nSPS) is 19.6. The monoisotopic (exact) mass is 333 g/mol. The molecule has 2 rings (SSSR count). The molecule has 1 aliphatic rings. The zero-order chi connectivity index (χ0) is 15.5. The number of nitrogens with zero attached hydrogens (tertiary/aromatic N) is 1. The van der Waals surface area contributed by atoms with E-state index < -0.39 is 15.8 Å². The number of benzene rings is 1. The van der Waals surface area contributed by atoms with E-state index in [9.17, 15) is 17.6 Å². The minimum atomic E-state index is -3.82. The Hall–Kier alpha value is -1.12. The van der Waals surface area contributed by atoms with Crippen molar-refractivity contribution < 1.29 is 22.3 Å². The molecule has 0 unspecified atom stereocenters. The summed E-state index contributed by atoms with van der Waals surface area (Å²) in [6, 6.07) is 5.34. The zero-order valence-electron chi connectivity index (χ0n) is 11.5. The van der Waals surface area contributed by atoms with Crippen LogP contribution in [0, 0.1) is 5.82 Å². The third-order valence-corrected chi connectivity index (χ3v) is 6.38. The number of sulfonamides is 1. The maximum Gasteiger partial charge on any atom is 0.315 e. The van der Waals surface area contributed by atoms with Crippen LogP contribution in [0.3, 0.4) is 0 Å². The van der Waals surface area contributed by atoms with Crippen LogP contribution in [-0.2, 0) is 19.6 Å². The molecule has 0 aliphatic carbocycles. The molecule has 21 heavy (non-hydrogen) atoms. The largest absolute Gasteiger partial charge is 0.468 e. The van der Waals surface area contributed by atoms with Gasteiger partial charge < -0.3 is 4.74 Å². The first-order valence-electron chi connectivity index (χ1n) is 6.38. The van der Waals surface area contributed by atoms with Gasteiger partial charge in [0, 0.05) is 18.3 Å². The minimum Gasteiger partial charge on any atom is -0.468 e. The highest BCUT2D eigenvalue weighted by molar-refractivity contribution is 8.00. The molecule has 0 saturated carbocycles. The average Bonchev–Trinajstić information content (AvgIpc) is 2.94. The van der Waals surface area contributed by atoms with E-state index in [1.54, 1.807) is 0 Å². The second kappa shape index (κ2) is 6.76. The van der Waals surface area contributed by atoms with Gasteiger partial charge in [0.15, 0.2) is 0 Å². The number of methoxy groups -OCH3 is 1. The van der Waals surface area contributed by atoms with E-state index in [1.807, 2.05) is 0 Å². The maximum absolute atomic E-state index is 13.7. The number of esters is 1. The molecule has 1 atom stereocenters.